The van der Waals surface area contributed by atoms with Gasteiger partial charge in [-0.3, -0.25) is 4.99 Å². The van der Waals surface area contributed by atoms with Gasteiger partial charge in [-0.2, -0.15) is 0 Å². The van der Waals surface area contributed by atoms with E-state index in [1.807, 2.05) is 6.21 Å². The van der Waals surface area contributed by atoms with E-state index in [0.717, 1.165) is 12.2 Å². The van der Waals surface area contributed by atoms with E-state index in [-0.39, 0.29) is 5.54 Å². The molecule has 0 unspecified atom stereocenters. The number of hydrogen-bond acceptors (Lipinski definition) is 2. The van der Waals surface area contributed by atoms with Crippen molar-refractivity contribution in [1.82, 2.24) is 0 Å². The van der Waals surface area contributed by atoms with Gasteiger partial charge in [-0.1, -0.05) is 39.0 Å². The van der Waals surface area contributed by atoms with Crippen LogP contribution in [0.3, 0.4) is 0 Å². The molecule has 2 heteroatoms. The van der Waals surface area contributed by atoms with Gasteiger partial charge in [0, 0.05) is 24.0 Å². The van der Waals surface area contributed by atoms with Crippen LogP contribution in [0.1, 0.15) is 76.5 Å². The second-order valence-corrected chi connectivity index (χ2v) is 8.48. The van der Waals surface area contributed by atoms with E-state index in [9.17, 15) is 0 Å². The zero-order valence-electron chi connectivity index (χ0n) is 17.1. The van der Waals surface area contributed by atoms with Crippen LogP contribution in [0, 0.1) is 0 Å². The molecule has 0 aliphatic carbocycles. The van der Waals surface area contributed by atoms with Crippen molar-refractivity contribution in [2.75, 3.05) is 11.4 Å². The average molecular weight is 349 g/mol. The molecule has 1 aliphatic rings. The minimum Gasteiger partial charge on any atom is -0.366 e. The molecule has 0 fully saturated rings. The van der Waals surface area contributed by atoms with Crippen LogP contribution in [0.2, 0.25) is 0 Å². The van der Waals surface area contributed by atoms with E-state index in [0.29, 0.717) is 11.8 Å². The first-order valence-electron chi connectivity index (χ1n) is 9.87. The molecular formula is C24H32N2. The van der Waals surface area contributed by atoms with Crippen molar-refractivity contribution < 1.29 is 0 Å². The summed E-state index contributed by atoms with van der Waals surface area (Å²) < 4.78 is 0. The van der Waals surface area contributed by atoms with Crippen LogP contribution in [0.5, 0.6) is 0 Å². The summed E-state index contributed by atoms with van der Waals surface area (Å²) in [7, 11) is 0. The quantitative estimate of drug-likeness (QED) is 0.563. The van der Waals surface area contributed by atoms with Crippen molar-refractivity contribution in [3.05, 3.63) is 59.2 Å². The lowest BCUT2D eigenvalue weighted by Crippen LogP contribution is -2.48. The van der Waals surface area contributed by atoms with Gasteiger partial charge in [-0.25, -0.2) is 0 Å². The molecule has 0 radical (unpaired) electrons. The molecule has 2 aromatic rings. The summed E-state index contributed by atoms with van der Waals surface area (Å²) >= 11 is 0. The van der Waals surface area contributed by atoms with Crippen LogP contribution >= 0.6 is 0 Å². The second-order valence-electron chi connectivity index (χ2n) is 8.48. The molecule has 0 spiro atoms. The zero-order chi connectivity index (χ0) is 18.9. The largest absolute Gasteiger partial charge is 0.366 e. The molecule has 138 valence electrons. The van der Waals surface area contributed by atoms with Gasteiger partial charge in [0.15, 0.2) is 0 Å². The van der Waals surface area contributed by atoms with E-state index >= 15 is 0 Å². The van der Waals surface area contributed by atoms with Crippen LogP contribution < -0.4 is 4.90 Å². The molecule has 2 aromatic carbocycles. The first kappa shape index (κ1) is 18.7. The third-order valence-electron chi connectivity index (χ3n) is 5.65. The maximum atomic E-state index is 4.68. The predicted octanol–water partition coefficient (Wildman–Crippen LogP) is 6.67. The SMILES string of the molecule is CCN1c2ccc(C=Nc3ccc(C(C)C)cc3)cc2[C@@H](C)CC1(C)C. The van der Waals surface area contributed by atoms with Crippen molar-refractivity contribution in [1.29, 1.82) is 0 Å². The Labute approximate surface area is 159 Å². The molecule has 0 aromatic heterocycles. The minimum absolute atomic E-state index is 0.217. The lowest BCUT2D eigenvalue weighted by molar-refractivity contribution is 0.381. The molecule has 1 heterocycles. The first-order chi connectivity index (χ1) is 12.3. The van der Waals surface area contributed by atoms with E-state index in [1.54, 1.807) is 0 Å². The number of nitrogens with zero attached hydrogens (tertiary/aromatic N) is 2. The maximum Gasteiger partial charge on any atom is 0.0630 e. The molecule has 0 saturated carbocycles. The first-order valence-corrected chi connectivity index (χ1v) is 9.87. The summed E-state index contributed by atoms with van der Waals surface area (Å²) in [6, 6.07) is 15.4. The number of anilines is 1. The fourth-order valence-electron chi connectivity index (χ4n) is 4.28. The van der Waals surface area contributed by atoms with Gasteiger partial charge >= 0.3 is 0 Å². The molecule has 0 bridgehead atoms. The van der Waals surface area contributed by atoms with Crippen molar-refractivity contribution in [3.63, 3.8) is 0 Å². The minimum atomic E-state index is 0.217. The Morgan fingerprint density at radius 3 is 2.46 bits per heavy atom. The number of fused-ring (bicyclic) bond motifs is 1. The average Bonchev–Trinajstić information content (AvgIpc) is 2.60. The molecule has 1 atom stereocenters. The fourth-order valence-corrected chi connectivity index (χ4v) is 4.28. The normalized spacial score (nSPS) is 19.2. The molecular weight excluding hydrogens is 316 g/mol. The van der Waals surface area contributed by atoms with Crippen LogP contribution in [0.25, 0.3) is 0 Å². The Balaban J connectivity index is 1.86. The van der Waals surface area contributed by atoms with Crippen molar-refractivity contribution in [2.24, 2.45) is 4.99 Å². The van der Waals surface area contributed by atoms with Gasteiger partial charge in [-0.15, -0.1) is 0 Å². The highest BCUT2D eigenvalue weighted by Gasteiger charge is 2.35. The number of rotatable bonds is 4. The Kier molecular flexibility index (Phi) is 5.22. The van der Waals surface area contributed by atoms with Gasteiger partial charge in [0.2, 0.25) is 0 Å². The Morgan fingerprint density at radius 2 is 1.85 bits per heavy atom. The molecule has 0 N–H and O–H groups in total. The van der Waals surface area contributed by atoms with Crippen LogP contribution in [-0.4, -0.2) is 18.3 Å². The molecule has 3 rings (SSSR count). The van der Waals surface area contributed by atoms with E-state index in [1.165, 1.54) is 28.8 Å². The molecule has 26 heavy (non-hydrogen) atoms. The van der Waals surface area contributed by atoms with Gasteiger partial charge in [-0.05, 0) is 80.0 Å². The smallest absolute Gasteiger partial charge is 0.0630 e. The van der Waals surface area contributed by atoms with Crippen molar-refractivity contribution in [3.8, 4) is 0 Å². The highest BCUT2D eigenvalue weighted by Crippen LogP contribution is 2.43. The van der Waals surface area contributed by atoms with E-state index in [4.69, 9.17) is 0 Å². The van der Waals surface area contributed by atoms with Crippen LogP contribution in [-0.2, 0) is 0 Å². The second kappa shape index (κ2) is 7.26. The zero-order valence-corrected chi connectivity index (χ0v) is 17.1. The topological polar surface area (TPSA) is 15.6 Å². The Morgan fingerprint density at radius 1 is 1.15 bits per heavy atom. The third-order valence-corrected chi connectivity index (χ3v) is 5.65. The van der Waals surface area contributed by atoms with Gasteiger partial charge < -0.3 is 4.90 Å². The van der Waals surface area contributed by atoms with Crippen LogP contribution in [0.4, 0.5) is 11.4 Å². The predicted molar refractivity (Wildman–Crippen MR) is 114 cm³/mol. The summed E-state index contributed by atoms with van der Waals surface area (Å²) in [6.07, 6.45) is 3.18. The van der Waals surface area contributed by atoms with Gasteiger partial charge in [0.05, 0.1) is 5.69 Å². The summed E-state index contributed by atoms with van der Waals surface area (Å²) in [4.78, 5) is 7.22. The summed E-state index contributed by atoms with van der Waals surface area (Å²) in [5.41, 5.74) is 6.60. The molecule has 0 saturated heterocycles. The fraction of sp³-hybridized carbons (Fsp3) is 0.458. The van der Waals surface area contributed by atoms with Crippen molar-refractivity contribution in [2.45, 2.75) is 65.3 Å². The van der Waals surface area contributed by atoms with Crippen molar-refractivity contribution >= 4 is 17.6 Å². The highest BCUT2D eigenvalue weighted by atomic mass is 15.2. The van der Waals surface area contributed by atoms with Gasteiger partial charge in [0.1, 0.15) is 0 Å². The maximum absolute atomic E-state index is 4.68. The van der Waals surface area contributed by atoms with Crippen LogP contribution in [0.15, 0.2) is 47.5 Å². The van der Waals surface area contributed by atoms with E-state index < -0.39 is 0 Å². The lowest BCUT2D eigenvalue weighted by Gasteiger charge is -2.47. The van der Waals surface area contributed by atoms with E-state index in [2.05, 4.69) is 93.9 Å². The Bertz CT molecular complexity index is 784. The number of benzene rings is 2. The van der Waals surface area contributed by atoms with Gasteiger partial charge in [0.25, 0.3) is 0 Å². The molecule has 0 amide bonds. The number of hydrogen-bond donors (Lipinski definition) is 0. The monoisotopic (exact) mass is 348 g/mol. The highest BCUT2D eigenvalue weighted by molar-refractivity contribution is 5.83. The third kappa shape index (κ3) is 3.70. The summed E-state index contributed by atoms with van der Waals surface area (Å²) in [6.45, 7) is 14.8. The summed E-state index contributed by atoms with van der Waals surface area (Å²) in [5.74, 6) is 1.13. The standard InChI is InChI=1S/C24H32N2/c1-7-26-23-13-8-19(14-22(23)18(4)15-24(26,5)6)16-25-21-11-9-20(10-12-21)17(2)3/h8-14,16-18H,7,15H2,1-6H3/t18-/m0/s1. The Hall–Kier alpha value is -2.09. The lowest BCUT2D eigenvalue weighted by atomic mass is 9.79. The molecule has 1 aliphatic heterocycles. The number of aliphatic imine (C=N–C) groups is 1. The molecule has 2 nitrogen and oxygen atoms in total. The summed E-state index contributed by atoms with van der Waals surface area (Å²) in [5, 5.41) is 0.